The first kappa shape index (κ1) is 10.8. The van der Waals surface area contributed by atoms with Crippen molar-refractivity contribution in [1.29, 1.82) is 0 Å². The number of benzene rings is 1. The van der Waals surface area contributed by atoms with Gasteiger partial charge in [-0.25, -0.2) is 0 Å². The Bertz CT molecular complexity index is 467. The lowest BCUT2D eigenvalue weighted by Gasteiger charge is -2.05. The summed E-state index contributed by atoms with van der Waals surface area (Å²) in [7, 11) is 0. The Hall–Kier alpha value is -1.68. The van der Waals surface area contributed by atoms with Gasteiger partial charge >= 0.3 is 0 Å². The first-order valence-electron chi connectivity index (χ1n) is 5.39. The molecule has 2 aromatic rings. The van der Waals surface area contributed by atoms with Crippen LogP contribution in [-0.4, -0.2) is 21.5 Å². The van der Waals surface area contributed by atoms with E-state index in [4.69, 9.17) is 5.73 Å². The molecule has 0 fully saturated rings. The SMILES string of the molecule is Cc1cccc(C)c1-c1cn(CCN)nn1. The Morgan fingerprint density at radius 1 is 1.25 bits per heavy atom. The number of nitrogens with zero attached hydrogens (tertiary/aromatic N) is 3. The van der Waals surface area contributed by atoms with Crippen LogP contribution < -0.4 is 5.73 Å². The quantitative estimate of drug-likeness (QED) is 0.846. The van der Waals surface area contributed by atoms with Crippen LogP contribution in [0.4, 0.5) is 0 Å². The summed E-state index contributed by atoms with van der Waals surface area (Å²) in [6.45, 7) is 5.46. The van der Waals surface area contributed by atoms with Crippen molar-refractivity contribution in [2.45, 2.75) is 20.4 Å². The molecule has 0 radical (unpaired) electrons. The fraction of sp³-hybridized carbons (Fsp3) is 0.333. The molecule has 0 aliphatic heterocycles. The van der Waals surface area contributed by atoms with Gasteiger partial charge in [-0.15, -0.1) is 5.10 Å². The predicted octanol–water partition coefficient (Wildman–Crippen LogP) is 1.52. The van der Waals surface area contributed by atoms with Gasteiger partial charge in [-0.3, -0.25) is 4.68 Å². The fourth-order valence-electron chi connectivity index (χ4n) is 1.87. The van der Waals surface area contributed by atoms with E-state index in [1.54, 1.807) is 4.68 Å². The number of aromatic nitrogens is 3. The highest BCUT2D eigenvalue weighted by atomic mass is 15.4. The summed E-state index contributed by atoms with van der Waals surface area (Å²) in [5, 5.41) is 8.24. The van der Waals surface area contributed by atoms with Crippen LogP contribution in [0.1, 0.15) is 11.1 Å². The third-order valence-electron chi connectivity index (χ3n) is 2.63. The molecule has 0 aliphatic carbocycles. The molecule has 0 spiro atoms. The Balaban J connectivity index is 2.42. The monoisotopic (exact) mass is 216 g/mol. The maximum absolute atomic E-state index is 5.48. The molecule has 4 heteroatoms. The van der Waals surface area contributed by atoms with Crippen LogP contribution in [0.25, 0.3) is 11.3 Å². The van der Waals surface area contributed by atoms with Crippen LogP contribution in [0, 0.1) is 13.8 Å². The molecule has 2 rings (SSSR count). The van der Waals surface area contributed by atoms with Gasteiger partial charge in [-0.1, -0.05) is 23.4 Å². The van der Waals surface area contributed by atoms with Crippen molar-refractivity contribution in [3.05, 3.63) is 35.5 Å². The van der Waals surface area contributed by atoms with E-state index in [1.807, 2.05) is 6.20 Å². The average molecular weight is 216 g/mol. The highest BCUT2D eigenvalue weighted by Crippen LogP contribution is 2.24. The second-order valence-electron chi connectivity index (χ2n) is 3.92. The van der Waals surface area contributed by atoms with Crippen molar-refractivity contribution in [3.8, 4) is 11.3 Å². The largest absolute Gasteiger partial charge is 0.329 e. The van der Waals surface area contributed by atoms with Crippen LogP contribution in [-0.2, 0) is 6.54 Å². The van der Waals surface area contributed by atoms with Gasteiger partial charge in [0, 0.05) is 12.1 Å². The Labute approximate surface area is 95.1 Å². The Kier molecular flexibility index (Phi) is 3.01. The van der Waals surface area contributed by atoms with E-state index in [-0.39, 0.29) is 0 Å². The minimum atomic E-state index is 0.579. The molecule has 0 unspecified atom stereocenters. The van der Waals surface area contributed by atoms with Crippen LogP contribution >= 0.6 is 0 Å². The first-order valence-corrected chi connectivity index (χ1v) is 5.39. The lowest BCUT2D eigenvalue weighted by Crippen LogP contribution is -2.10. The molecule has 84 valence electrons. The second kappa shape index (κ2) is 4.45. The van der Waals surface area contributed by atoms with Crippen molar-refractivity contribution < 1.29 is 0 Å². The molecule has 0 atom stereocenters. The minimum absolute atomic E-state index is 0.579. The van der Waals surface area contributed by atoms with Gasteiger partial charge in [0.15, 0.2) is 0 Å². The van der Waals surface area contributed by atoms with Gasteiger partial charge < -0.3 is 5.73 Å². The third kappa shape index (κ3) is 1.97. The normalized spacial score (nSPS) is 10.7. The van der Waals surface area contributed by atoms with Crippen LogP contribution in [0.15, 0.2) is 24.4 Å². The minimum Gasteiger partial charge on any atom is -0.329 e. The third-order valence-corrected chi connectivity index (χ3v) is 2.63. The van der Waals surface area contributed by atoms with Crippen molar-refractivity contribution in [1.82, 2.24) is 15.0 Å². The number of hydrogen-bond acceptors (Lipinski definition) is 3. The predicted molar refractivity (Wildman–Crippen MR) is 64.0 cm³/mol. The van der Waals surface area contributed by atoms with E-state index >= 15 is 0 Å². The molecule has 1 aromatic heterocycles. The van der Waals surface area contributed by atoms with E-state index < -0.39 is 0 Å². The van der Waals surface area contributed by atoms with Gasteiger partial charge in [0.25, 0.3) is 0 Å². The first-order chi connectivity index (χ1) is 7.72. The molecule has 16 heavy (non-hydrogen) atoms. The van der Waals surface area contributed by atoms with Crippen molar-refractivity contribution in [3.63, 3.8) is 0 Å². The molecule has 0 saturated heterocycles. The fourth-order valence-corrected chi connectivity index (χ4v) is 1.87. The van der Waals surface area contributed by atoms with E-state index in [2.05, 4.69) is 42.4 Å². The lowest BCUT2D eigenvalue weighted by molar-refractivity contribution is 0.598. The van der Waals surface area contributed by atoms with E-state index in [0.717, 1.165) is 5.69 Å². The molecule has 2 N–H and O–H groups in total. The van der Waals surface area contributed by atoms with Gasteiger partial charge in [0.2, 0.25) is 0 Å². The molecule has 1 aromatic carbocycles. The van der Waals surface area contributed by atoms with E-state index in [1.165, 1.54) is 16.7 Å². The summed E-state index contributed by atoms with van der Waals surface area (Å²) >= 11 is 0. The second-order valence-corrected chi connectivity index (χ2v) is 3.92. The van der Waals surface area contributed by atoms with Crippen molar-refractivity contribution in [2.24, 2.45) is 5.73 Å². The maximum Gasteiger partial charge on any atom is 0.113 e. The van der Waals surface area contributed by atoms with Crippen molar-refractivity contribution in [2.75, 3.05) is 6.54 Å². The van der Waals surface area contributed by atoms with Gasteiger partial charge in [0.1, 0.15) is 5.69 Å². The molecule has 0 aliphatic rings. The van der Waals surface area contributed by atoms with Crippen LogP contribution in [0.3, 0.4) is 0 Å². The van der Waals surface area contributed by atoms with Crippen LogP contribution in [0.2, 0.25) is 0 Å². The highest BCUT2D eigenvalue weighted by molar-refractivity contribution is 5.66. The number of rotatable bonds is 3. The van der Waals surface area contributed by atoms with E-state index in [0.29, 0.717) is 13.1 Å². The zero-order chi connectivity index (χ0) is 11.5. The summed E-state index contributed by atoms with van der Waals surface area (Å²) in [6, 6.07) is 6.23. The molecule has 1 heterocycles. The Morgan fingerprint density at radius 3 is 2.56 bits per heavy atom. The van der Waals surface area contributed by atoms with E-state index in [9.17, 15) is 0 Å². The van der Waals surface area contributed by atoms with Gasteiger partial charge in [-0.2, -0.15) is 0 Å². The summed E-state index contributed by atoms with van der Waals surface area (Å²) < 4.78 is 1.78. The Morgan fingerprint density at radius 2 is 1.94 bits per heavy atom. The molecule has 4 nitrogen and oxygen atoms in total. The highest BCUT2D eigenvalue weighted by Gasteiger charge is 2.08. The molecule has 0 bridgehead atoms. The number of aryl methyl sites for hydroxylation is 2. The summed E-state index contributed by atoms with van der Waals surface area (Å²) in [4.78, 5) is 0. The molecule has 0 saturated carbocycles. The average Bonchev–Trinajstić information content (AvgIpc) is 2.67. The van der Waals surface area contributed by atoms with Gasteiger partial charge in [-0.05, 0) is 25.0 Å². The lowest BCUT2D eigenvalue weighted by atomic mass is 10.0. The molecular weight excluding hydrogens is 200 g/mol. The number of hydrogen-bond donors (Lipinski definition) is 1. The summed E-state index contributed by atoms with van der Waals surface area (Å²) in [6.07, 6.45) is 1.95. The molecule has 0 amide bonds. The van der Waals surface area contributed by atoms with Crippen molar-refractivity contribution >= 4 is 0 Å². The van der Waals surface area contributed by atoms with Gasteiger partial charge in [0.05, 0.1) is 12.7 Å². The zero-order valence-electron chi connectivity index (χ0n) is 9.64. The number of nitrogens with two attached hydrogens (primary N) is 1. The summed E-state index contributed by atoms with van der Waals surface area (Å²) in [5.41, 5.74) is 10.0. The smallest absolute Gasteiger partial charge is 0.113 e. The standard InChI is InChI=1S/C12H16N4/c1-9-4-3-5-10(2)12(9)11-8-16(7-6-13)15-14-11/h3-5,8H,6-7,13H2,1-2H3. The summed E-state index contributed by atoms with van der Waals surface area (Å²) in [5.74, 6) is 0. The topological polar surface area (TPSA) is 56.7 Å². The molecular formula is C12H16N4. The zero-order valence-corrected chi connectivity index (χ0v) is 9.64. The van der Waals surface area contributed by atoms with Crippen LogP contribution in [0.5, 0.6) is 0 Å². The maximum atomic E-state index is 5.48.